The molecule has 0 spiro atoms. The maximum absolute atomic E-state index is 11.5. The van der Waals surface area contributed by atoms with Gasteiger partial charge in [0.15, 0.2) is 0 Å². The molecule has 0 fully saturated rings. The number of carbonyl (C=O) groups is 1. The Balaban J connectivity index is 2.53. The van der Waals surface area contributed by atoms with E-state index in [-0.39, 0.29) is 12.5 Å². The van der Waals surface area contributed by atoms with Crippen LogP contribution in [0.5, 0.6) is 0 Å². The Morgan fingerprint density at radius 2 is 2.39 bits per heavy atom. The van der Waals surface area contributed by atoms with Crippen molar-refractivity contribution in [2.75, 3.05) is 25.1 Å². The molecule has 0 bridgehead atoms. The molecule has 0 aliphatic rings. The quantitative estimate of drug-likeness (QED) is 0.595. The number of nitrogens with zero attached hydrogens (tertiary/aromatic N) is 1. The summed E-state index contributed by atoms with van der Waals surface area (Å²) in [6.45, 7) is 3.19. The average Bonchev–Trinajstić information content (AvgIpc) is 2.37. The van der Waals surface area contributed by atoms with Gasteiger partial charge in [-0.3, -0.25) is 4.79 Å². The summed E-state index contributed by atoms with van der Waals surface area (Å²) in [6, 6.07) is 5.26. The number of amides is 1. The van der Waals surface area contributed by atoms with Crippen LogP contribution in [-0.2, 0) is 9.53 Å². The fraction of sp³-hybridized carbons (Fsp3) is 0.385. The van der Waals surface area contributed by atoms with Gasteiger partial charge in [-0.15, -0.1) is 0 Å². The van der Waals surface area contributed by atoms with E-state index in [0.29, 0.717) is 31.1 Å². The highest BCUT2D eigenvalue weighted by Gasteiger charge is 2.03. The minimum Gasteiger partial charge on any atom is -0.381 e. The molecule has 5 nitrogen and oxygen atoms in total. The Hall–Kier alpha value is -1.90. The average molecular weight is 247 g/mol. The number of rotatable bonds is 5. The second-order valence-corrected chi connectivity index (χ2v) is 3.41. The third kappa shape index (κ3) is 5.43. The van der Waals surface area contributed by atoms with Gasteiger partial charge >= 0.3 is 0 Å². The predicted molar refractivity (Wildman–Crippen MR) is 69.9 cm³/mol. The molecule has 0 radical (unpaired) electrons. The number of carbonyl (C=O) groups excluding carboxylic acids is 1. The molecule has 3 N–H and O–H groups in total. The first-order valence-electron chi connectivity index (χ1n) is 5.80. The van der Waals surface area contributed by atoms with Crippen LogP contribution >= 0.6 is 0 Å². The van der Waals surface area contributed by atoms with Crippen molar-refractivity contribution >= 4 is 11.7 Å². The summed E-state index contributed by atoms with van der Waals surface area (Å²) >= 11 is 0. The summed E-state index contributed by atoms with van der Waals surface area (Å²) in [5.41, 5.74) is 5.86. The van der Waals surface area contributed by atoms with E-state index in [9.17, 15) is 4.79 Å². The third-order valence-electron chi connectivity index (χ3n) is 2.01. The molecule has 1 aromatic heterocycles. The van der Waals surface area contributed by atoms with Crippen LogP contribution < -0.4 is 11.1 Å². The van der Waals surface area contributed by atoms with E-state index in [1.165, 1.54) is 0 Å². The molecular formula is C13H17N3O2. The van der Waals surface area contributed by atoms with E-state index in [1.807, 2.05) is 6.92 Å². The Morgan fingerprint density at radius 3 is 3.11 bits per heavy atom. The van der Waals surface area contributed by atoms with Crippen molar-refractivity contribution in [2.24, 2.45) is 5.73 Å². The summed E-state index contributed by atoms with van der Waals surface area (Å²) in [6.07, 6.45) is 0.314. The number of pyridine rings is 1. The number of hydrogen-bond acceptors (Lipinski definition) is 4. The second kappa shape index (κ2) is 8.23. The molecule has 0 aliphatic carbocycles. The lowest BCUT2D eigenvalue weighted by atomic mass is 10.3. The zero-order chi connectivity index (χ0) is 13.2. The topological polar surface area (TPSA) is 77.2 Å². The fourth-order valence-electron chi connectivity index (χ4n) is 1.23. The van der Waals surface area contributed by atoms with Gasteiger partial charge in [0.05, 0.1) is 19.6 Å². The first kappa shape index (κ1) is 14.2. The SMILES string of the molecule is CCOCCC(=O)Nc1cccc(C#CCN)n1. The molecule has 96 valence electrons. The Bertz CT molecular complexity index is 449. The molecule has 0 atom stereocenters. The first-order valence-corrected chi connectivity index (χ1v) is 5.80. The first-order chi connectivity index (χ1) is 8.76. The minimum absolute atomic E-state index is 0.125. The van der Waals surface area contributed by atoms with Gasteiger partial charge in [0, 0.05) is 6.61 Å². The van der Waals surface area contributed by atoms with E-state index >= 15 is 0 Å². The van der Waals surface area contributed by atoms with Crippen molar-refractivity contribution in [1.82, 2.24) is 4.98 Å². The summed E-state index contributed by atoms with van der Waals surface area (Å²) in [7, 11) is 0. The highest BCUT2D eigenvalue weighted by atomic mass is 16.5. The molecule has 1 aromatic rings. The normalized spacial score (nSPS) is 9.44. The lowest BCUT2D eigenvalue weighted by Crippen LogP contribution is -2.15. The minimum atomic E-state index is -0.125. The van der Waals surface area contributed by atoms with Gasteiger partial charge < -0.3 is 15.8 Å². The van der Waals surface area contributed by atoms with Gasteiger partial charge in [-0.1, -0.05) is 12.0 Å². The van der Waals surface area contributed by atoms with Crippen molar-refractivity contribution in [1.29, 1.82) is 0 Å². The number of hydrogen-bond donors (Lipinski definition) is 2. The maximum Gasteiger partial charge on any atom is 0.227 e. The van der Waals surface area contributed by atoms with Crippen LogP contribution in [0.15, 0.2) is 18.2 Å². The molecule has 1 amide bonds. The van der Waals surface area contributed by atoms with Crippen LogP contribution in [0.3, 0.4) is 0 Å². The van der Waals surface area contributed by atoms with Crippen molar-refractivity contribution in [3.63, 3.8) is 0 Å². The summed E-state index contributed by atoms with van der Waals surface area (Å²) in [5.74, 6) is 5.88. The number of nitrogens with one attached hydrogen (secondary N) is 1. The van der Waals surface area contributed by atoms with Crippen molar-refractivity contribution in [3.05, 3.63) is 23.9 Å². The van der Waals surface area contributed by atoms with E-state index in [4.69, 9.17) is 10.5 Å². The highest BCUT2D eigenvalue weighted by molar-refractivity contribution is 5.89. The van der Waals surface area contributed by atoms with Crippen LogP contribution in [-0.4, -0.2) is 30.6 Å². The Kier molecular flexibility index (Phi) is 6.47. The Labute approximate surface area is 107 Å². The zero-order valence-electron chi connectivity index (χ0n) is 10.4. The van der Waals surface area contributed by atoms with E-state index < -0.39 is 0 Å². The van der Waals surface area contributed by atoms with Gasteiger partial charge in [-0.25, -0.2) is 4.98 Å². The zero-order valence-corrected chi connectivity index (χ0v) is 10.4. The summed E-state index contributed by atoms with van der Waals surface area (Å²) < 4.78 is 5.10. The predicted octanol–water partition coefficient (Wildman–Crippen LogP) is 0.757. The number of aromatic nitrogens is 1. The van der Waals surface area contributed by atoms with Crippen LogP contribution in [0.1, 0.15) is 19.0 Å². The largest absolute Gasteiger partial charge is 0.381 e. The van der Waals surface area contributed by atoms with E-state index in [1.54, 1.807) is 18.2 Å². The molecule has 0 unspecified atom stereocenters. The highest BCUT2D eigenvalue weighted by Crippen LogP contribution is 2.04. The lowest BCUT2D eigenvalue weighted by molar-refractivity contribution is -0.117. The lowest BCUT2D eigenvalue weighted by Gasteiger charge is -2.04. The van der Waals surface area contributed by atoms with Gasteiger partial charge in [0.1, 0.15) is 11.5 Å². The molecule has 0 aromatic carbocycles. The van der Waals surface area contributed by atoms with Crippen LogP contribution in [0.4, 0.5) is 5.82 Å². The van der Waals surface area contributed by atoms with E-state index in [0.717, 1.165) is 0 Å². The number of nitrogens with two attached hydrogens (primary N) is 1. The summed E-state index contributed by atoms with van der Waals surface area (Å²) in [4.78, 5) is 15.7. The fourth-order valence-corrected chi connectivity index (χ4v) is 1.23. The van der Waals surface area contributed by atoms with Crippen molar-refractivity contribution < 1.29 is 9.53 Å². The maximum atomic E-state index is 11.5. The van der Waals surface area contributed by atoms with Gasteiger partial charge in [-0.2, -0.15) is 0 Å². The number of ether oxygens (including phenoxy) is 1. The second-order valence-electron chi connectivity index (χ2n) is 3.41. The molecule has 5 heteroatoms. The molecule has 1 rings (SSSR count). The van der Waals surface area contributed by atoms with Crippen LogP contribution in [0, 0.1) is 11.8 Å². The third-order valence-corrected chi connectivity index (χ3v) is 2.01. The van der Waals surface area contributed by atoms with Crippen LogP contribution in [0.2, 0.25) is 0 Å². The molecular weight excluding hydrogens is 230 g/mol. The molecule has 0 saturated carbocycles. The van der Waals surface area contributed by atoms with Crippen LogP contribution in [0.25, 0.3) is 0 Å². The molecule has 0 aliphatic heterocycles. The molecule has 18 heavy (non-hydrogen) atoms. The van der Waals surface area contributed by atoms with Gasteiger partial charge in [-0.05, 0) is 25.0 Å². The molecule has 0 saturated heterocycles. The molecule has 1 heterocycles. The van der Waals surface area contributed by atoms with Crippen molar-refractivity contribution in [3.8, 4) is 11.8 Å². The standard InChI is InChI=1S/C13H17N3O2/c1-2-18-10-8-13(17)16-12-7-3-5-11(15-12)6-4-9-14/h3,5,7H,2,8-10,14H2,1H3,(H,15,16,17). The monoisotopic (exact) mass is 247 g/mol. The van der Waals surface area contributed by atoms with Gasteiger partial charge in [0.25, 0.3) is 0 Å². The smallest absolute Gasteiger partial charge is 0.227 e. The Morgan fingerprint density at radius 1 is 1.56 bits per heavy atom. The van der Waals surface area contributed by atoms with Gasteiger partial charge in [0.2, 0.25) is 5.91 Å². The number of anilines is 1. The summed E-state index contributed by atoms with van der Waals surface area (Å²) in [5, 5.41) is 2.69. The van der Waals surface area contributed by atoms with Crippen molar-refractivity contribution in [2.45, 2.75) is 13.3 Å². The van der Waals surface area contributed by atoms with E-state index in [2.05, 4.69) is 22.1 Å².